The topological polar surface area (TPSA) is 20.2 Å². The highest BCUT2D eigenvalue weighted by Gasteiger charge is 2.17. The van der Waals surface area contributed by atoms with E-state index < -0.39 is 0 Å². The van der Waals surface area contributed by atoms with Crippen molar-refractivity contribution in [2.24, 2.45) is 0 Å². The summed E-state index contributed by atoms with van der Waals surface area (Å²) in [5.41, 5.74) is 2.75. The molecule has 1 aromatic rings. The molecule has 1 aliphatic rings. The van der Waals surface area contributed by atoms with Crippen LogP contribution in [0.1, 0.15) is 27.9 Å². The van der Waals surface area contributed by atoms with Crippen LogP contribution in [0.4, 0.5) is 0 Å². The molecule has 0 bridgehead atoms. The molecule has 0 heterocycles. The van der Waals surface area contributed by atoms with E-state index in [-0.39, 0.29) is 12.4 Å². The molecule has 1 aliphatic carbocycles. The predicted octanol–water partition coefficient (Wildman–Crippen LogP) is 3.63. The predicted molar refractivity (Wildman–Crippen MR) is 65.1 cm³/mol. The van der Waals surface area contributed by atoms with Crippen molar-refractivity contribution in [2.45, 2.75) is 23.2 Å². The van der Waals surface area contributed by atoms with Gasteiger partial charge in [-0.2, -0.15) is 0 Å². The van der Waals surface area contributed by atoms with Gasteiger partial charge in [-0.15, -0.1) is 12.4 Å². The van der Waals surface area contributed by atoms with Gasteiger partial charge in [-0.05, 0) is 42.5 Å². The SMILES string of the molecule is Cl.Oc1ccc2c(c1)CCCC2I. The Morgan fingerprint density at radius 1 is 1.38 bits per heavy atom. The number of benzene rings is 1. The summed E-state index contributed by atoms with van der Waals surface area (Å²) in [5.74, 6) is 0.402. The van der Waals surface area contributed by atoms with Gasteiger partial charge in [0.05, 0.1) is 0 Å². The number of aromatic hydroxyl groups is 1. The smallest absolute Gasteiger partial charge is 0.115 e. The monoisotopic (exact) mass is 310 g/mol. The maximum absolute atomic E-state index is 9.27. The van der Waals surface area contributed by atoms with Crippen LogP contribution in [-0.2, 0) is 6.42 Å². The van der Waals surface area contributed by atoms with E-state index in [0.717, 1.165) is 6.42 Å². The van der Waals surface area contributed by atoms with Crippen molar-refractivity contribution in [1.82, 2.24) is 0 Å². The summed E-state index contributed by atoms with van der Waals surface area (Å²) < 4.78 is 0.645. The molecule has 13 heavy (non-hydrogen) atoms. The molecule has 0 radical (unpaired) electrons. The Bertz CT molecular complexity index is 301. The van der Waals surface area contributed by atoms with E-state index in [0.29, 0.717) is 9.67 Å². The van der Waals surface area contributed by atoms with Crippen molar-refractivity contribution >= 4 is 35.0 Å². The standard InChI is InChI=1S/C10H11IO.ClH/c11-10-3-1-2-7-6-8(12)4-5-9(7)10;/h4-6,10,12H,1-3H2;1H. The van der Waals surface area contributed by atoms with Crippen molar-refractivity contribution < 1.29 is 5.11 Å². The van der Waals surface area contributed by atoms with Gasteiger partial charge >= 0.3 is 0 Å². The van der Waals surface area contributed by atoms with E-state index in [4.69, 9.17) is 0 Å². The van der Waals surface area contributed by atoms with E-state index in [1.54, 1.807) is 6.07 Å². The molecule has 3 heteroatoms. The maximum atomic E-state index is 9.27. The lowest BCUT2D eigenvalue weighted by atomic mass is 9.92. The van der Waals surface area contributed by atoms with Gasteiger partial charge in [-0.3, -0.25) is 0 Å². The van der Waals surface area contributed by atoms with Crippen LogP contribution in [0, 0.1) is 0 Å². The lowest BCUT2D eigenvalue weighted by molar-refractivity contribution is 0.473. The average molecular weight is 311 g/mol. The molecule has 0 amide bonds. The van der Waals surface area contributed by atoms with Crippen LogP contribution in [0.5, 0.6) is 5.75 Å². The molecule has 0 fully saturated rings. The third kappa shape index (κ3) is 2.29. The molecule has 0 saturated carbocycles. The minimum absolute atomic E-state index is 0. The highest BCUT2D eigenvalue weighted by molar-refractivity contribution is 14.1. The quantitative estimate of drug-likeness (QED) is 0.573. The zero-order chi connectivity index (χ0) is 8.55. The summed E-state index contributed by atoms with van der Waals surface area (Å²) in [4.78, 5) is 0. The van der Waals surface area contributed by atoms with E-state index in [9.17, 15) is 5.11 Å². The summed E-state index contributed by atoms with van der Waals surface area (Å²) >= 11 is 2.48. The molecule has 1 aromatic carbocycles. The zero-order valence-electron chi connectivity index (χ0n) is 7.16. The molecule has 1 atom stereocenters. The third-order valence-electron chi connectivity index (χ3n) is 2.37. The van der Waals surface area contributed by atoms with Gasteiger partial charge in [0.25, 0.3) is 0 Å². The Hall–Kier alpha value is 0.0400. The number of fused-ring (bicyclic) bond motifs is 1. The fourth-order valence-corrected chi connectivity index (χ4v) is 2.79. The van der Waals surface area contributed by atoms with Crippen molar-refractivity contribution in [1.29, 1.82) is 0 Å². The highest BCUT2D eigenvalue weighted by atomic mass is 127. The summed E-state index contributed by atoms with van der Waals surface area (Å²) in [6.07, 6.45) is 3.66. The second kappa shape index (κ2) is 4.51. The first kappa shape index (κ1) is 11.1. The number of rotatable bonds is 0. The van der Waals surface area contributed by atoms with E-state index in [1.165, 1.54) is 24.0 Å². The number of phenolic OH excluding ortho intramolecular Hbond substituents is 1. The minimum atomic E-state index is 0. The minimum Gasteiger partial charge on any atom is -0.508 e. The van der Waals surface area contributed by atoms with Crippen molar-refractivity contribution in [3.63, 3.8) is 0 Å². The van der Waals surface area contributed by atoms with Crippen LogP contribution in [0.3, 0.4) is 0 Å². The second-order valence-electron chi connectivity index (χ2n) is 3.24. The molecular formula is C10H12ClIO. The Morgan fingerprint density at radius 3 is 2.92 bits per heavy atom. The van der Waals surface area contributed by atoms with Gasteiger partial charge in [0, 0.05) is 3.92 Å². The van der Waals surface area contributed by atoms with Gasteiger partial charge in [0.2, 0.25) is 0 Å². The molecule has 0 aliphatic heterocycles. The van der Waals surface area contributed by atoms with Crippen LogP contribution < -0.4 is 0 Å². The van der Waals surface area contributed by atoms with Crippen LogP contribution in [-0.4, -0.2) is 5.11 Å². The summed E-state index contributed by atoms with van der Waals surface area (Å²) in [6, 6.07) is 5.75. The third-order valence-corrected chi connectivity index (χ3v) is 3.66. The number of aryl methyl sites for hydroxylation is 1. The lowest BCUT2D eigenvalue weighted by Gasteiger charge is -2.20. The Labute approximate surface area is 98.1 Å². The molecule has 2 rings (SSSR count). The Balaban J connectivity index is 0.000000845. The molecular weight excluding hydrogens is 298 g/mol. The summed E-state index contributed by atoms with van der Waals surface area (Å²) in [7, 11) is 0. The second-order valence-corrected chi connectivity index (χ2v) is 4.75. The fraction of sp³-hybridized carbons (Fsp3) is 0.400. The molecule has 1 N–H and O–H groups in total. The Morgan fingerprint density at radius 2 is 2.15 bits per heavy atom. The van der Waals surface area contributed by atoms with Crippen LogP contribution >= 0.6 is 35.0 Å². The molecule has 1 unspecified atom stereocenters. The molecule has 72 valence electrons. The first-order chi connectivity index (χ1) is 5.77. The first-order valence-corrected chi connectivity index (χ1v) is 5.48. The van der Waals surface area contributed by atoms with Crippen molar-refractivity contribution in [3.8, 4) is 5.75 Å². The lowest BCUT2D eigenvalue weighted by Crippen LogP contribution is -2.03. The molecule has 0 spiro atoms. The summed E-state index contributed by atoms with van der Waals surface area (Å²) in [5, 5.41) is 9.27. The van der Waals surface area contributed by atoms with E-state index in [1.807, 2.05) is 6.07 Å². The fourth-order valence-electron chi connectivity index (χ4n) is 1.74. The van der Waals surface area contributed by atoms with Crippen LogP contribution in [0.25, 0.3) is 0 Å². The largest absolute Gasteiger partial charge is 0.508 e. The van der Waals surface area contributed by atoms with Crippen molar-refractivity contribution in [2.75, 3.05) is 0 Å². The van der Waals surface area contributed by atoms with Gasteiger partial charge in [0.1, 0.15) is 5.75 Å². The van der Waals surface area contributed by atoms with Gasteiger partial charge < -0.3 is 5.11 Å². The normalized spacial score (nSPS) is 20.2. The van der Waals surface area contributed by atoms with Gasteiger partial charge in [0.15, 0.2) is 0 Å². The van der Waals surface area contributed by atoms with Crippen LogP contribution in [0.2, 0.25) is 0 Å². The summed E-state index contributed by atoms with van der Waals surface area (Å²) in [6.45, 7) is 0. The Kier molecular flexibility index (Phi) is 3.86. The molecule has 1 nitrogen and oxygen atoms in total. The number of hydrogen-bond acceptors (Lipinski definition) is 1. The average Bonchev–Trinajstić information content (AvgIpc) is 2.04. The van der Waals surface area contributed by atoms with Crippen LogP contribution in [0.15, 0.2) is 18.2 Å². The zero-order valence-corrected chi connectivity index (χ0v) is 10.1. The maximum Gasteiger partial charge on any atom is 0.115 e. The number of alkyl halides is 1. The highest BCUT2D eigenvalue weighted by Crippen LogP contribution is 2.37. The number of hydrogen-bond donors (Lipinski definition) is 1. The van der Waals surface area contributed by atoms with E-state index in [2.05, 4.69) is 28.7 Å². The molecule has 0 aromatic heterocycles. The number of phenols is 1. The van der Waals surface area contributed by atoms with E-state index >= 15 is 0 Å². The van der Waals surface area contributed by atoms with Gasteiger partial charge in [-0.25, -0.2) is 0 Å². The first-order valence-electron chi connectivity index (χ1n) is 4.23. The van der Waals surface area contributed by atoms with Crippen molar-refractivity contribution in [3.05, 3.63) is 29.3 Å². The molecule has 0 saturated heterocycles. The number of halogens is 2. The van der Waals surface area contributed by atoms with Gasteiger partial charge in [-0.1, -0.05) is 28.7 Å².